The van der Waals surface area contributed by atoms with Crippen LogP contribution in [0.1, 0.15) is 0 Å². The summed E-state index contributed by atoms with van der Waals surface area (Å²) in [5.74, 6) is 0. The van der Waals surface area contributed by atoms with Crippen LogP contribution < -0.4 is 59.1 Å². The van der Waals surface area contributed by atoms with Gasteiger partial charge in [0, 0.05) is 6.07 Å². The summed E-state index contributed by atoms with van der Waals surface area (Å²) in [4.78, 5) is 2.55. The molecule has 0 aliphatic carbocycles. The molecule has 0 aromatic carbocycles. The summed E-state index contributed by atoms with van der Waals surface area (Å²) in [6.07, 6.45) is 1.96. The summed E-state index contributed by atoms with van der Waals surface area (Å²) >= 11 is 4.27. The molecule has 6 heteroatoms. The second-order valence-corrected chi connectivity index (χ2v) is 1.07. The van der Waals surface area contributed by atoms with Crippen LogP contribution >= 0.6 is 0 Å². The van der Waals surface area contributed by atoms with E-state index in [4.69, 9.17) is 11.8 Å². The van der Waals surface area contributed by atoms with Crippen molar-refractivity contribution in [2.24, 2.45) is 0 Å². The fraction of sp³-hybridized carbons (Fsp3) is 0. The SMILES string of the molecule is [C-]#[N+][C-]=C([S-])C#N.[Na+].[Na+].[SH-]. The Hall–Kier alpha value is 1.29. The molecule has 0 saturated carbocycles. The Balaban J connectivity index is -0.0000000600. The number of nitriles is 1. The molecule has 0 amide bonds. The van der Waals surface area contributed by atoms with Crippen LogP contribution in [0.3, 0.4) is 0 Å². The van der Waals surface area contributed by atoms with E-state index in [2.05, 4.69) is 17.5 Å². The Labute approximate surface area is 117 Å². The number of nitrogens with zero attached hydrogens (tertiary/aromatic N) is 2. The van der Waals surface area contributed by atoms with Gasteiger partial charge in [-0.2, -0.15) is 5.26 Å². The fourth-order valence-corrected chi connectivity index (χ4v) is 0.121. The van der Waals surface area contributed by atoms with Gasteiger partial charge in [0.25, 0.3) is 0 Å². The topological polar surface area (TPSA) is 28.1 Å². The molecule has 42 valence electrons. The molecule has 0 bridgehead atoms. The Bertz CT molecular complexity index is 167. The maximum absolute atomic E-state index is 7.87. The normalized spacial score (nSPS) is 6.40. The second kappa shape index (κ2) is 16.7. The molecule has 10 heavy (non-hydrogen) atoms. The van der Waals surface area contributed by atoms with Crippen molar-refractivity contribution in [3.63, 3.8) is 0 Å². The molecule has 0 atom stereocenters. The van der Waals surface area contributed by atoms with E-state index < -0.39 is 0 Å². The summed E-state index contributed by atoms with van der Waals surface area (Å²) in [5.41, 5.74) is 0. The van der Waals surface area contributed by atoms with Gasteiger partial charge >= 0.3 is 59.1 Å². The number of hydrogen-bond acceptors (Lipinski definition) is 3. The summed E-state index contributed by atoms with van der Waals surface area (Å²) in [7, 11) is 0. The quantitative estimate of drug-likeness (QED) is 0.124. The molecular weight excluding hydrogens is 186 g/mol. The van der Waals surface area contributed by atoms with Crippen molar-refractivity contribution in [3.05, 3.63) is 22.5 Å². The van der Waals surface area contributed by atoms with Crippen LogP contribution in [0.5, 0.6) is 0 Å². The Morgan fingerprint density at radius 2 is 2.00 bits per heavy atom. The third kappa shape index (κ3) is 16.1. The molecule has 0 unspecified atom stereocenters. The zero-order chi connectivity index (χ0) is 5.70. The summed E-state index contributed by atoms with van der Waals surface area (Å²) in [5, 5.41) is 7.87. The smallest absolute Gasteiger partial charge is 0.813 e. The molecule has 0 fully saturated rings. The third-order valence-electron chi connectivity index (χ3n) is 0.259. The van der Waals surface area contributed by atoms with Crippen LogP contribution in [-0.2, 0) is 26.1 Å². The predicted octanol–water partition coefficient (Wildman–Crippen LogP) is -5.64. The zero-order valence-electron chi connectivity index (χ0n) is 5.75. The van der Waals surface area contributed by atoms with Gasteiger partial charge in [-0.05, 0) is 0 Å². The van der Waals surface area contributed by atoms with Crippen molar-refractivity contribution in [3.8, 4) is 6.07 Å². The van der Waals surface area contributed by atoms with Crippen molar-refractivity contribution in [1.29, 1.82) is 5.26 Å². The minimum absolute atomic E-state index is 0. The summed E-state index contributed by atoms with van der Waals surface area (Å²) in [6.45, 7) is 6.11. The minimum atomic E-state index is -0.0880. The largest absolute Gasteiger partial charge is 1.00 e. The summed E-state index contributed by atoms with van der Waals surface area (Å²) < 4.78 is 0. The first-order valence-corrected chi connectivity index (χ1v) is 1.78. The van der Waals surface area contributed by atoms with E-state index in [1.807, 2.05) is 6.20 Å². The van der Waals surface area contributed by atoms with E-state index in [0.29, 0.717) is 0 Å². The molecule has 2 nitrogen and oxygen atoms in total. The molecular formula is C4HN2Na2S2-. The molecule has 0 saturated heterocycles. The van der Waals surface area contributed by atoms with Crippen LogP contribution in [0.25, 0.3) is 4.85 Å². The Kier molecular flexibility index (Phi) is 37.6. The number of thiol groups is 1. The molecule has 0 radical (unpaired) electrons. The zero-order valence-corrected chi connectivity index (χ0v) is 11.5. The second-order valence-electron chi connectivity index (χ2n) is 0.665. The number of allylic oxidation sites excluding steroid dienone is 1. The van der Waals surface area contributed by atoms with Gasteiger partial charge in [-0.1, -0.05) is 6.20 Å². The van der Waals surface area contributed by atoms with Crippen LogP contribution in [0.2, 0.25) is 0 Å². The monoisotopic (exact) mass is 187 g/mol. The summed E-state index contributed by atoms with van der Waals surface area (Å²) in [6, 6.07) is 1.57. The predicted molar refractivity (Wildman–Crippen MR) is 35.1 cm³/mol. The van der Waals surface area contributed by atoms with Crippen LogP contribution in [0.4, 0.5) is 0 Å². The van der Waals surface area contributed by atoms with Gasteiger partial charge in [0.1, 0.15) is 0 Å². The van der Waals surface area contributed by atoms with Gasteiger partial charge in [-0.15, -0.1) is 0 Å². The molecule has 0 rings (SSSR count). The number of hydrogen-bond donors (Lipinski definition) is 0. The average Bonchev–Trinajstić information content (AvgIpc) is 1.68. The van der Waals surface area contributed by atoms with Gasteiger partial charge in [0.15, 0.2) is 0 Å². The molecule has 0 aliphatic rings. The van der Waals surface area contributed by atoms with Crippen molar-refractivity contribution in [2.75, 3.05) is 0 Å². The molecule has 0 aromatic rings. The molecule has 0 heterocycles. The van der Waals surface area contributed by atoms with Crippen LogP contribution in [0, 0.1) is 24.1 Å². The first kappa shape index (κ1) is 22.5. The first-order valence-electron chi connectivity index (χ1n) is 1.37. The van der Waals surface area contributed by atoms with Gasteiger partial charge in [-0.3, -0.25) is 6.57 Å². The third-order valence-corrected chi connectivity index (χ3v) is 0.442. The molecule has 0 aromatic heterocycles. The average molecular weight is 187 g/mol. The maximum atomic E-state index is 7.87. The van der Waals surface area contributed by atoms with E-state index in [1.54, 1.807) is 6.07 Å². The van der Waals surface area contributed by atoms with Gasteiger partial charge in [-0.25, -0.2) is 4.91 Å². The van der Waals surface area contributed by atoms with Gasteiger partial charge in [0.05, 0.1) is 0 Å². The van der Waals surface area contributed by atoms with E-state index in [0.717, 1.165) is 0 Å². The molecule has 0 spiro atoms. The maximum Gasteiger partial charge on any atom is 1.00 e. The van der Waals surface area contributed by atoms with E-state index in [1.165, 1.54) is 0 Å². The first-order chi connectivity index (χ1) is 3.31. The Morgan fingerprint density at radius 1 is 1.60 bits per heavy atom. The Morgan fingerprint density at radius 3 is 2.10 bits per heavy atom. The number of rotatable bonds is 0. The minimum Gasteiger partial charge on any atom is -0.813 e. The van der Waals surface area contributed by atoms with Crippen molar-refractivity contribution < 1.29 is 59.1 Å². The van der Waals surface area contributed by atoms with E-state index >= 15 is 0 Å². The van der Waals surface area contributed by atoms with Crippen LogP contribution in [0.15, 0.2) is 4.91 Å². The van der Waals surface area contributed by atoms with Gasteiger partial charge < -0.3 is 31.0 Å². The van der Waals surface area contributed by atoms with E-state index in [9.17, 15) is 0 Å². The van der Waals surface area contributed by atoms with Crippen molar-refractivity contribution >= 4 is 26.1 Å². The van der Waals surface area contributed by atoms with Gasteiger partial charge in [0.2, 0.25) is 0 Å². The van der Waals surface area contributed by atoms with Crippen molar-refractivity contribution in [1.82, 2.24) is 0 Å². The standard InChI is InChI=1S/C4HN2S.2Na.H2S/c1-6-3-4(7)2-5;;;/h7H;;;1H2/q-1;2*+1;/p-2. The van der Waals surface area contributed by atoms with Crippen LogP contribution in [-0.4, -0.2) is 0 Å². The fourth-order valence-electron chi connectivity index (χ4n) is 0.0758. The molecule has 0 aliphatic heterocycles. The molecule has 0 N–H and O–H groups in total. The van der Waals surface area contributed by atoms with Crippen molar-refractivity contribution in [2.45, 2.75) is 0 Å². The van der Waals surface area contributed by atoms with E-state index in [-0.39, 0.29) is 77.5 Å².